The Balaban J connectivity index is 0.000000152. The molecule has 0 amide bonds. The van der Waals surface area contributed by atoms with Gasteiger partial charge in [-0.1, -0.05) is 24.3 Å². The molecule has 0 spiro atoms. The van der Waals surface area contributed by atoms with Crippen LogP contribution in [0, 0.1) is 27.7 Å². The molecule has 0 aliphatic heterocycles. The van der Waals surface area contributed by atoms with Crippen molar-refractivity contribution in [3.8, 4) is 0 Å². The number of aromatic nitrogens is 4. The molecule has 162 valence electrons. The summed E-state index contributed by atoms with van der Waals surface area (Å²) in [5.74, 6) is 0. The molecule has 0 saturated carbocycles. The largest absolute Gasteiger partial charge is 2.00 e. The maximum atomic E-state index is 4.45. The van der Waals surface area contributed by atoms with Crippen LogP contribution < -0.4 is 0 Å². The monoisotopic (exact) mass is 518 g/mol. The fourth-order valence-corrected chi connectivity index (χ4v) is 4.21. The molecule has 0 aliphatic carbocycles. The minimum absolute atomic E-state index is 0. The third-order valence-electron chi connectivity index (χ3n) is 6.11. The van der Waals surface area contributed by atoms with E-state index >= 15 is 0 Å². The molecule has 0 fully saturated rings. The summed E-state index contributed by atoms with van der Waals surface area (Å²) in [7, 11) is 0. The van der Waals surface area contributed by atoms with Gasteiger partial charge in [-0.15, -0.1) is 0 Å². The second-order valence-corrected chi connectivity index (χ2v) is 8.23. The number of hydrogen-bond donors (Lipinski definition) is 0. The van der Waals surface area contributed by atoms with Crippen molar-refractivity contribution in [3.63, 3.8) is 0 Å². The Morgan fingerprint density at radius 2 is 0.576 bits per heavy atom. The Morgan fingerprint density at radius 1 is 0.364 bits per heavy atom. The topological polar surface area (TPSA) is 51.6 Å². The molecule has 0 atom stereocenters. The number of aryl methyl sites for hydroxylation is 4. The minimum atomic E-state index is 0. The van der Waals surface area contributed by atoms with Gasteiger partial charge in [0, 0.05) is 46.3 Å². The van der Waals surface area contributed by atoms with E-state index in [0.29, 0.717) is 0 Å². The first kappa shape index (κ1) is 22.9. The van der Waals surface area contributed by atoms with Gasteiger partial charge in [0.15, 0.2) is 0 Å². The Morgan fingerprint density at radius 3 is 0.788 bits per heavy atom. The van der Waals surface area contributed by atoms with Crippen molar-refractivity contribution in [1.29, 1.82) is 0 Å². The molecule has 5 heteroatoms. The molecule has 0 N–H and O–H groups in total. The number of hydrogen-bond acceptors (Lipinski definition) is 4. The third-order valence-corrected chi connectivity index (χ3v) is 6.11. The van der Waals surface area contributed by atoms with Crippen LogP contribution in [0.25, 0.3) is 43.6 Å². The van der Waals surface area contributed by atoms with E-state index in [2.05, 4.69) is 71.9 Å². The minimum Gasteiger partial charge on any atom is -0.254 e. The van der Waals surface area contributed by atoms with Gasteiger partial charge in [-0.2, -0.15) is 0 Å². The molecular formula is C28H24N4Ru+2. The van der Waals surface area contributed by atoms with Crippen LogP contribution in [0.15, 0.2) is 73.3 Å². The van der Waals surface area contributed by atoms with E-state index in [9.17, 15) is 0 Å². The van der Waals surface area contributed by atoms with Gasteiger partial charge in [0.25, 0.3) is 0 Å². The van der Waals surface area contributed by atoms with E-state index in [1.54, 1.807) is 0 Å². The summed E-state index contributed by atoms with van der Waals surface area (Å²) in [6.45, 7) is 8.41. The summed E-state index contributed by atoms with van der Waals surface area (Å²) in [6.07, 6.45) is 7.39. The van der Waals surface area contributed by atoms with Crippen LogP contribution in [0.4, 0.5) is 0 Å². The molecule has 4 heterocycles. The van der Waals surface area contributed by atoms with Gasteiger partial charge in [0.05, 0.1) is 22.1 Å². The van der Waals surface area contributed by atoms with E-state index in [0.717, 1.165) is 22.1 Å². The van der Waals surface area contributed by atoms with Gasteiger partial charge in [-0.3, -0.25) is 19.9 Å². The molecule has 0 saturated heterocycles. The van der Waals surface area contributed by atoms with Crippen LogP contribution in [0.2, 0.25) is 0 Å². The first-order chi connectivity index (χ1) is 15.5. The van der Waals surface area contributed by atoms with Crippen LogP contribution in [0.5, 0.6) is 0 Å². The van der Waals surface area contributed by atoms with Crippen molar-refractivity contribution in [1.82, 2.24) is 19.9 Å². The standard InChI is InChI=1S/2C14H12N2.Ru/c2*1-9-5-7-15-13-11(9)3-4-12-10(2)6-8-16-14(12)13;/h2*3-8H,1-2H3;/q;;+2. The Bertz CT molecular complexity index is 1380. The predicted molar refractivity (Wildman–Crippen MR) is 133 cm³/mol. The maximum Gasteiger partial charge on any atom is 2.00 e. The molecule has 0 unspecified atom stereocenters. The van der Waals surface area contributed by atoms with E-state index in [4.69, 9.17) is 0 Å². The Hall–Kier alpha value is -3.30. The van der Waals surface area contributed by atoms with E-state index in [1.165, 1.54) is 43.8 Å². The predicted octanol–water partition coefficient (Wildman–Crippen LogP) is 6.80. The fourth-order valence-electron chi connectivity index (χ4n) is 4.21. The van der Waals surface area contributed by atoms with Gasteiger partial charge in [0.1, 0.15) is 0 Å². The summed E-state index contributed by atoms with van der Waals surface area (Å²) in [5.41, 5.74) is 8.99. The number of benzene rings is 2. The van der Waals surface area contributed by atoms with Crippen molar-refractivity contribution in [2.24, 2.45) is 0 Å². The molecular weight excluding hydrogens is 493 g/mol. The molecule has 6 aromatic rings. The van der Waals surface area contributed by atoms with Crippen LogP contribution in [0.1, 0.15) is 22.3 Å². The Labute approximate surface area is 205 Å². The number of nitrogens with zero attached hydrogens (tertiary/aromatic N) is 4. The normalized spacial score (nSPS) is 10.8. The molecule has 0 bridgehead atoms. The zero-order valence-corrected chi connectivity index (χ0v) is 20.8. The van der Waals surface area contributed by atoms with Crippen molar-refractivity contribution in [3.05, 3.63) is 95.6 Å². The molecule has 2 aromatic carbocycles. The van der Waals surface area contributed by atoms with Gasteiger partial charge in [0.2, 0.25) is 0 Å². The Kier molecular flexibility index (Phi) is 6.44. The first-order valence-corrected chi connectivity index (χ1v) is 10.7. The quantitative estimate of drug-likeness (QED) is 0.164. The van der Waals surface area contributed by atoms with Gasteiger partial charge in [-0.25, -0.2) is 0 Å². The summed E-state index contributed by atoms with van der Waals surface area (Å²) in [6, 6.07) is 16.7. The van der Waals surface area contributed by atoms with Crippen molar-refractivity contribution in [2.75, 3.05) is 0 Å². The van der Waals surface area contributed by atoms with Crippen LogP contribution >= 0.6 is 0 Å². The van der Waals surface area contributed by atoms with E-state index in [1.807, 2.05) is 49.1 Å². The third kappa shape index (κ3) is 4.09. The van der Waals surface area contributed by atoms with Crippen molar-refractivity contribution in [2.45, 2.75) is 27.7 Å². The van der Waals surface area contributed by atoms with Crippen LogP contribution in [0.3, 0.4) is 0 Å². The maximum absolute atomic E-state index is 4.45. The zero-order valence-electron chi connectivity index (χ0n) is 19.1. The smallest absolute Gasteiger partial charge is 0.254 e. The van der Waals surface area contributed by atoms with Gasteiger partial charge < -0.3 is 0 Å². The number of rotatable bonds is 0. The average molecular weight is 518 g/mol. The van der Waals surface area contributed by atoms with Gasteiger partial charge >= 0.3 is 19.5 Å². The number of pyridine rings is 4. The number of fused-ring (bicyclic) bond motifs is 6. The summed E-state index contributed by atoms with van der Waals surface area (Å²) in [5, 5.41) is 4.75. The first-order valence-electron chi connectivity index (χ1n) is 10.7. The molecule has 4 aromatic heterocycles. The molecule has 0 aliphatic rings. The summed E-state index contributed by atoms with van der Waals surface area (Å²) >= 11 is 0. The second kappa shape index (κ2) is 9.29. The van der Waals surface area contributed by atoms with Crippen molar-refractivity contribution < 1.29 is 19.5 Å². The molecule has 6 rings (SSSR count). The summed E-state index contributed by atoms with van der Waals surface area (Å²) in [4.78, 5) is 17.8. The molecule has 0 radical (unpaired) electrons. The SMILES string of the molecule is Cc1ccnc2c1ccc1c(C)ccnc12.Cc1ccnc2c1ccc1c(C)ccnc12.[Ru+2]. The van der Waals surface area contributed by atoms with E-state index < -0.39 is 0 Å². The van der Waals surface area contributed by atoms with Gasteiger partial charge in [-0.05, 0) is 74.2 Å². The second-order valence-electron chi connectivity index (χ2n) is 8.23. The zero-order chi connectivity index (χ0) is 22.2. The summed E-state index contributed by atoms with van der Waals surface area (Å²) < 4.78 is 0. The molecule has 4 nitrogen and oxygen atoms in total. The van der Waals surface area contributed by atoms with Crippen molar-refractivity contribution >= 4 is 43.6 Å². The average Bonchev–Trinajstić information content (AvgIpc) is 2.80. The van der Waals surface area contributed by atoms with Crippen LogP contribution in [-0.2, 0) is 19.5 Å². The van der Waals surface area contributed by atoms with E-state index in [-0.39, 0.29) is 19.5 Å². The fraction of sp³-hybridized carbons (Fsp3) is 0.143. The van der Waals surface area contributed by atoms with Crippen LogP contribution in [-0.4, -0.2) is 19.9 Å². The molecule has 33 heavy (non-hydrogen) atoms.